The van der Waals surface area contributed by atoms with Gasteiger partial charge in [0, 0.05) is 0 Å². The molecule has 27 heavy (non-hydrogen) atoms. The standard InChI is InChI=1S/C21H28F2O3S/c1-21(2,3)27(24,25)13-14-4-6-15(7-5-14)17-10-16-8-9-19(26-20(22)23)12-18(16)11-17/h8-9,11-12,14-15,20H,4-7,10,13H2,1-3H3. The van der Waals surface area contributed by atoms with E-state index in [1.165, 1.54) is 5.57 Å². The molecule has 0 amide bonds. The lowest BCUT2D eigenvalue weighted by Gasteiger charge is -2.31. The van der Waals surface area contributed by atoms with Gasteiger partial charge in [0.15, 0.2) is 9.84 Å². The minimum absolute atomic E-state index is 0.192. The van der Waals surface area contributed by atoms with Gasteiger partial charge in [-0.3, -0.25) is 0 Å². The van der Waals surface area contributed by atoms with E-state index in [4.69, 9.17) is 0 Å². The molecule has 0 heterocycles. The Morgan fingerprint density at radius 1 is 1.15 bits per heavy atom. The first kappa shape index (κ1) is 20.3. The Morgan fingerprint density at radius 3 is 2.41 bits per heavy atom. The molecule has 0 bridgehead atoms. The van der Waals surface area contributed by atoms with Crippen molar-refractivity contribution in [2.75, 3.05) is 5.75 Å². The average molecular weight is 399 g/mol. The first-order valence-electron chi connectivity index (χ1n) is 9.55. The molecule has 0 N–H and O–H groups in total. The van der Waals surface area contributed by atoms with E-state index in [0.29, 0.717) is 5.92 Å². The summed E-state index contributed by atoms with van der Waals surface area (Å²) in [7, 11) is -3.08. The van der Waals surface area contributed by atoms with Crippen molar-refractivity contribution in [2.45, 2.75) is 64.2 Å². The fourth-order valence-corrected chi connectivity index (χ4v) is 5.49. The highest BCUT2D eigenvalue weighted by molar-refractivity contribution is 7.92. The third-order valence-electron chi connectivity index (χ3n) is 5.84. The van der Waals surface area contributed by atoms with Gasteiger partial charge in [0.05, 0.1) is 10.5 Å². The summed E-state index contributed by atoms with van der Waals surface area (Å²) in [5, 5.41) is 0. The molecule has 1 aromatic rings. The van der Waals surface area contributed by atoms with Crippen molar-refractivity contribution in [3.63, 3.8) is 0 Å². The Labute approximate surface area is 160 Å². The van der Waals surface area contributed by atoms with E-state index < -0.39 is 21.2 Å². The zero-order chi connectivity index (χ0) is 19.8. The predicted octanol–water partition coefficient (Wildman–Crippen LogP) is 5.25. The lowest BCUT2D eigenvalue weighted by atomic mass is 9.78. The number of halogens is 2. The Kier molecular flexibility index (Phi) is 5.67. The Morgan fingerprint density at radius 2 is 1.81 bits per heavy atom. The molecule has 2 aliphatic rings. The van der Waals surface area contributed by atoms with E-state index in [1.807, 2.05) is 6.07 Å². The van der Waals surface area contributed by atoms with E-state index in [2.05, 4.69) is 10.8 Å². The van der Waals surface area contributed by atoms with Gasteiger partial charge in [-0.25, -0.2) is 8.42 Å². The van der Waals surface area contributed by atoms with Gasteiger partial charge in [-0.05, 0) is 88.0 Å². The van der Waals surface area contributed by atoms with Crippen LogP contribution < -0.4 is 4.74 Å². The molecule has 2 aliphatic carbocycles. The van der Waals surface area contributed by atoms with Gasteiger partial charge in [0.1, 0.15) is 5.75 Å². The van der Waals surface area contributed by atoms with E-state index >= 15 is 0 Å². The van der Waals surface area contributed by atoms with Crippen molar-refractivity contribution in [3.05, 3.63) is 34.9 Å². The summed E-state index contributed by atoms with van der Waals surface area (Å²) in [5.74, 6) is 1.15. The van der Waals surface area contributed by atoms with Crippen LogP contribution in [0.4, 0.5) is 8.78 Å². The molecule has 6 heteroatoms. The maximum atomic E-state index is 12.4. The summed E-state index contributed by atoms with van der Waals surface area (Å²) < 4.78 is 53.4. The third-order valence-corrected chi connectivity index (χ3v) is 8.61. The van der Waals surface area contributed by atoms with Crippen LogP contribution in [0, 0.1) is 11.8 Å². The topological polar surface area (TPSA) is 43.4 Å². The first-order valence-corrected chi connectivity index (χ1v) is 11.2. The molecule has 3 nitrogen and oxygen atoms in total. The zero-order valence-corrected chi connectivity index (χ0v) is 17.0. The number of rotatable bonds is 5. The fraction of sp³-hybridized carbons (Fsp3) is 0.619. The Bertz CT molecular complexity index is 814. The van der Waals surface area contributed by atoms with Gasteiger partial charge in [-0.2, -0.15) is 8.78 Å². The monoisotopic (exact) mass is 398 g/mol. The van der Waals surface area contributed by atoms with Gasteiger partial charge >= 0.3 is 6.61 Å². The number of alkyl halides is 2. The van der Waals surface area contributed by atoms with E-state index in [1.54, 1.807) is 32.9 Å². The van der Waals surface area contributed by atoms with Gasteiger partial charge in [0.25, 0.3) is 0 Å². The van der Waals surface area contributed by atoms with Crippen molar-refractivity contribution in [1.82, 2.24) is 0 Å². The summed E-state index contributed by atoms with van der Waals surface area (Å²) in [6.07, 6.45) is 6.78. The van der Waals surface area contributed by atoms with Gasteiger partial charge in [-0.1, -0.05) is 17.7 Å². The average Bonchev–Trinajstić information content (AvgIpc) is 2.96. The number of hydrogen-bond donors (Lipinski definition) is 0. The summed E-state index contributed by atoms with van der Waals surface area (Å²) in [5.41, 5.74) is 3.43. The molecule has 0 spiro atoms. The smallest absolute Gasteiger partial charge is 0.387 e. The van der Waals surface area contributed by atoms with Crippen LogP contribution in [0.15, 0.2) is 23.8 Å². The quantitative estimate of drug-likeness (QED) is 0.681. The molecule has 150 valence electrons. The highest BCUT2D eigenvalue weighted by Crippen LogP contribution is 2.40. The number of ether oxygens (including phenoxy) is 1. The minimum Gasteiger partial charge on any atom is -0.435 e. The highest BCUT2D eigenvalue weighted by atomic mass is 32.2. The maximum Gasteiger partial charge on any atom is 0.387 e. The predicted molar refractivity (Wildman–Crippen MR) is 104 cm³/mol. The second-order valence-corrected chi connectivity index (χ2v) is 11.5. The Balaban J connectivity index is 1.60. The van der Waals surface area contributed by atoms with Crippen molar-refractivity contribution in [3.8, 4) is 5.75 Å². The molecule has 0 aliphatic heterocycles. The van der Waals surface area contributed by atoms with E-state index in [9.17, 15) is 17.2 Å². The minimum atomic E-state index is -3.08. The summed E-state index contributed by atoms with van der Waals surface area (Å²) >= 11 is 0. The Hall–Kier alpha value is -1.43. The van der Waals surface area contributed by atoms with E-state index in [-0.39, 0.29) is 17.4 Å². The van der Waals surface area contributed by atoms with Crippen molar-refractivity contribution in [1.29, 1.82) is 0 Å². The highest BCUT2D eigenvalue weighted by Gasteiger charge is 2.34. The molecular weight excluding hydrogens is 370 g/mol. The second kappa shape index (κ2) is 7.53. The molecule has 1 aromatic carbocycles. The summed E-state index contributed by atoms with van der Waals surface area (Å²) in [6, 6.07) is 5.13. The molecule has 1 saturated carbocycles. The van der Waals surface area contributed by atoms with E-state index in [0.717, 1.165) is 43.2 Å². The lowest BCUT2D eigenvalue weighted by Crippen LogP contribution is -2.34. The molecule has 0 aromatic heterocycles. The lowest BCUT2D eigenvalue weighted by molar-refractivity contribution is -0.0498. The van der Waals surface area contributed by atoms with Gasteiger partial charge in [-0.15, -0.1) is 0 Å². The largest absolute Gasteiger partial charge is 0.435 e. The number of sulfone groups is 1. The number of hydrogen-bond acceptors (Lipinski definition) is 3. The molecule has 3 rings (SSSR count). The second-order valence-electron chi connectivity index (χ2n) is 8.75. The molecule has 0 radical (unpaired) electrons. The SMILES string of the molecule is CC(C)(C)S(=O)(=O)CC1CCC(C2=Cc3cc(OC(F)F)ccc3C2)CC1. The zero-order valence-electron chi connectivity index (χ0n) is 16.2. The molecule has 0 atom stereocenters. The number of fused-ring (bicyclic) bond motifs is 1. The normalized spacial score (nSPS) is 23.3. The summed E-state index contributed by atoms with van der Waals surface area (Å²) in [6.45, 7) is 2.48. The van der Waals surface area contributed by atoms with Crippen LogP contribution in [0.1, 0.15) is 57.6 Å². The van der Waals surface area contributed by atoms with Crippen molar-refractivity contribution in [2.24, 2.45) is 11.8 Å². The third kappa shape index (κ3) is 4.71. The number of allylic oxidation sites excluding steroid dienone is 1. The van der Waals surface area contributed by atoms with Crippen molar-refractivity contribution >= 4 is 15.9 Å². The van der Waals surface area contributed by atoms with Crippen LogP contribution in [0.25, 0.3) is 6.08 Å². The molecular formula is C21H28F2O3S. The number of benzene rings is 1. The molecule has 0 saturated heterocycles. The van der Waals surface area contributed by atoms with Crippen molar-refractivity contribution < 1.29 is 21.9 Å². The van der Waals surface area contributed by atoms with Crippen LogP contribution in [-0.2, 0) is 16.3 Å². The molecule has 1 fully saturated rings. The maximum absolute atomic E-state index is 12.4. The van der Waals surface area contributed by atoms with Gasteiger partial charge < -0.3 is 4.74 Å². The van der Waals surface area contributed by atoms with Crippen LogP contribution in [0.5, 0.6) is 5.75 Å². The van der Waals surface area contributed by atoms with Gasteiger partial charge in [0.2, 0.25) is 0 Å². The van der Waals surface area contributed by atoms with Crippen LogP contribution >= 0.6 is 0 Å². The first-order chi connectivity index (χ1) is 12.5. The fourth-order valence-electron chi connectivity index (χ4n) is 4.04. The van der Waals surface area contributed by atoms with Crippen LogP contribution in [-0.4, -0.2) is 25.5 Å². The molecule has 0 unspecified atom stereocenters. The summed E-state index contributed by atoms with van der Waals surface area (Å²) in [4.78, 5) is 0. The van der Waals surface area contributed by atoms with Crippen LogP contribution in [0.3, 0.4) is 0 Å². The van der Waals surface area contributed by atoms with Crippen LogP contribution in [0.2, 0.25) is 0 Å².